The molecule has 0 saturated heterocycles. The highest BCUT2D eigenvalue weighted by atomic mass is 79.9. The van der Waals surface area contributed by atoms with Crippen molar-refractivity contribution < 1.29 is 14.3 Å². The highest BCUT2D eigenvalue weighted by Crippen LogP contribution is 2.30. The van der Waals surface area contributed by atoms with Gasteiger partial charge in [-0.15, -0.1) is 0 Å². The summed E-state index contributed by atoms with van der Waals surface area (Å²) in [6.45, 7) is 9.93. The predicted octanol–water partition coefficient (Wildman–Crippen LogP) is 4.08. The minimum atomic E-state index is -0.425. The molecule has 0 atom stereocenters. The SMILES string of the molecule is Cc1cccc(C)c1OCC(=O)NNC(=S)NC(=O)c1ccc(C(C)(C)C)c(Br)c1. The second-order valence-corrected chi connectivity index (χ2v) is 9.17. The molecule has 0 aliphatic carbocycles. The van der Waals surface area contributed by atoms with Crippen LogP contribution < -0.4 is 20.9 Å². The van der Waals surface area contributed by atoms with Gasteiger partial charge in [-0.3, -0.25) is 25.8 Å². The van der Waals surface area contributed by atoms with Crippen molar-refractivity contribution in [2.45, 2.75) is 40.0 Å². The van der Waals surface area contributed by atoms with Gasteiger partial charge < -0.3 is 4.74 Å². The molecule has 0 aliphatic heterocycles. The number of halogens is 1. The third-order valence-electron chi connectivity index (χ3n) is 4.34. The van der Waals surface area contributed by atoms with Gasteiger partial charge in [0.05, 0.1) is 0 Å². The number of hydrogen-bond acceptors (Lipinski definition) is 4. The molecule has 0 saturated carbocycles. The number of carbonyl (C=O) groups excluding carboxylic acids is 2. The molecule has 160 valence electrons. The zero-order valence-corrected chi connectivity index (χ0v) is 20.1. The molecule has 0 radical (unpaired) electrons. The minimum absolute atomic E-state index is 0.0172. The molecule has 2 aromatic rings. The Bertz CT molecular complexity index is 950. The van der Waals surface area contributed by atoms with Crippen LogP contribution in [0.25, 0.3) is 0 Å². The number of hydrazine groups is 1. The quantitative estimate of drug-likeness (QED) is 0.443. The molecule has 2 rings (SSSR count). The van der Waals surface area contributed by atoms with E-state index in [1.807, 2.05) is 38.1 Å². The number of ether oxygens (including phenoxy) is 1. The Morgan fingerprint density at radius 2 is 1.70 bits per heavy atom. The standard InChI is InChI=1S/C22H26BrN3O3S/c1-13-7-6-8-14(2)19(13)29-12-18(27)25-26-21(30)24-20(28)15-9-10-16(17(23)11-15)22(3,4)5/h6-11H,12H2,1-5H3,(H,25,27)(H2,24,26,28,30). The normalized spacial score (nSPS) is 10.9. The van der Waals surface area contributed by atoms with E-state index in [9.17, 15) is 9.59 Å². The van der Waals surface area contributed by atoms with Gasteiger partial charge in [0.25, 0.3) is 11.8 Å². The fourth-order valence-corrected chi connectivity index (χ4v) is 3.92. The maximum atomic E-state index is 12.4. The van der Waals surface area contributed by atoms with Crippen LogP contribution in [-0.4, -0.2) is 23.5 Å². The molecule has 6 nitrogen and oxygen atoms in total. The summed E-state index contributed by atoms with van der Waals surface area (Å²) in [6, 6.07) is 11.1. The number of rotatable bonds is 4. The molecule has 30 heavy (non-hydrogen) atoms. The van der Waals surface area contributed by atoms with Gasteiger partial charge in [0.1, 0.15) is 5.75 Å². The fourth-order valence-electron chi connectivity index (χ4n) is 2.80. The molecule has 2 aromatic carbocycles. The molecule has 0 fully saturated rings. The van der Waals surface area contributed by atoms with Crippen LogP contribution in [0.15, 0.2) is 40.9 Å². The lowest BCUT2D eigenvalue weighted by atomic mass is 9.86. The summed E-state index contributed by atoms with van der Waals surface area (Å²) in [5, 5.41) is 2.52. The second kappa shape index (κ2) is 10.0. The Morgan fingerprint density at radius 3 is 2.27 bits per heavy atom. The van der Waals surface area contributed by atoms with Crippen molar-refractivity contribution >= 4 is 45.1 Å². The smallest absolute Gasteiger partial charge is 0.276 e. The summed E-state index contributed by atoms with van der Waals surface area (Å²) in [5.41, 5.74) is 8.30. The van der Waals surface area contributed by atoms with E-state index >= 15 is 0 Å². The Kier molecular flexibility index (Phi) is 7.97. The predicted molar refractivity (Wildman–Crippen MR) is 126 cm³/mol. The van der Waals surface area contributed by atoms with Gasteiger partial charge in [0.15, 0.2) is 11.7 Å². The zero-order valence-electron chi connectivity index (χ0n) is 17.7. The number of para-hydroxylation sites is 1. The lowest BCUT2D eigenvalue weighted by Crippen LogP contribution is -2.49. The van der Waals surface area contributed by atoms with Crippen LogP contribution in [0.5, 0.6) is 5.75 Å². The maximum absolute atomic E-state index is 12.4. The van der Waals surface area contributed by atoms with Gasteiger partial charge in [-0.05, 0) is 60.3 Å². The van der Waals surface area contributed by atoms with Crippen molar-refractivity contribution in [2.24, 2.45) is 0 Å². The molecule has 0 heterocycles. The topological polar surface area (TPSA) is 79.5 Å². The number of aryl methyl sites for hydroxylation is 2. The first-order valence-electron chi connectivity index (χ1n) is 9.38. The van der Waals surface area contributed by atoms with E-state index in [0.29, 0.717) is 11.3 Å². The highest BCUT2D eigenvalue weighted by Gasteiger charge is 2.18. The largest absolute Gasteiger partial charge is 0.483 e. The average Bonchev–Trinajstić information content (AvgIpc) is 2.64. The van der Waals surface area contributed by atoms with Crippen LogP contribution in [-0.2, 0) is 10.2 Å². The van der Waals surface area contributed by atoms with Crippen molar-refractivity contribution in [3.05, 3.63) is 63.1 Å². The maximum Gasteiger partial charge on any atom is 0.276 e. The van der Waals surface area contributed by atoms with Crippen LogP contribution in [0.4, 0.5) is 0 Å². The number of carbonyl (C=O) groups is 2. The number of hydrogen-bond donors (Lipinski definition) is 3. The molecular formula is C22H26BrN3O3S. The van der Waals surface area contributed by atoms with Crippen molar-refractivity contribution in [1.29, 1.82) is 0 Å². The minimum Gasteiger partial charge on any atom is -0.483 e. The summed E-state index contributed by atoms with van der Waals surface area (Å²) >= 11 is 8.59. The zero-order chi connectivity index (χ0) is 22.5. The molecule has 0 spiro atoms. The van der Waals surface area contributed by atoms with Gasteiger partial charge in [-0.25, -0.2) is 0 Å². The van der Waals surface area contributed by atoms with E-state index in [1.165, 1.54) is 0 Å². The fraction of sp³-hybridized carbons (Fsp3) is 0.318. The van der Waals surface area contributed by atoms with Crippen molar-refractivity contribution in [2.75, 3.05) is 6.61 Å². The number of amides is 2. The monoisotopic (exact) mass is 491 g/mol. The molecule has 0 aromatic heterocycles. The van der Waals surface area contributed by atoms with E-state index < -0.39 is 5.91 Å². The van der Waals surface area contributed by atoms with Crippen LogP contribution in [0.3, 0.4) is 0 Å². The third-order valence-corrected chi connectivity index (χ3v) is 5.20. The molecule has 0 bridgehead atoms. The Hall–Kier alpha value is -2.45. The van der Waals surface area contributed by atoms with E-state index in [-0.39, 0.29) is 23.0 Å². The molecule has 2 amide bonds. The summed E-state index contributed by atoms with van der Waals surface area (Å²) in [4.78, 5) is 24.4. The molecular weight excluding hydrogens is 466 g/mol. The van der Waals surface area contributed by atoms with Gasteiger partial charge in [0.2, 0.25) is 0 Å². The van der Waals surface area contributed by atoms with Crippen molar-refractivity contribution in [3.63, 3.8) is 0 Å². The Labute approximate surface area is 190 Å². The Balaban J connectivity index is 1.85. The summed E-state index contributed by atoms with van der Waals surface area (Å²) in [6.07, 6.45) is 0. The van der Waals surface area contributed by atoms with Gasteiger partial charge in [-0.1, -0.05) is 61.0 Å². The summed E-state index contributed by atoms with van der Waals surface area (Å²) in [7, 11) is 0. The van der Waals surface area contributed by atoms with Crippen LogP contribution >= 0.6 is 28.1 Å². The molecule has 8 heteroatoms. The van der Waals surface area contributed by atoms with Crippen LogP contribution in [0.1, 0.15) is 47.8 Å². The summed E-state index contributed by atoms with van der Waals surface area (Å²) in [5.74, 6) is -0.131. The van der Waals surface area contributed by atoms with E-state index in [0.717, 1.165) is 21.2 Å². The first kappa shape index (κ1) is 23.8. The van der Waals surface area contributed by atoms with Gasteiger partial charge >= 0.3 is 0 Å². The van der Waals surface area contributed by atoms with Gasteiger partial charge in [-0.2, -0.15) is 0 Å². The molecule has 0 unspecified atom stereocenters. The second-order valence-electron chi connectivity index (χ2n) is 7.91. The van der Waals surface area contributed by atoms with Crippen molar-refractivity contribution in [3.8, 4) is 5.75 Å². The lowest BCUT2D eigenvalue weighted by molar-refractivity contribution is -0.123. The van der Waals surface area contributed by atoms with Crippen molar-refractivity contribution in [1.82, 2.24) is 16.2 Å². The highest BCUT2D eigenvalue weighted by molar-refractivity contribution is 9.10. The lowest BCUT2D eigenvalue weighted by Gasteiger charge is -2.21. The summed E-state index contributed by atoms with van der Waals surface area (Å²) < 4.78 is 6.42. The van der Waals surface area contributed by atoms with E-state index in [4.69, 9.17) is 17.0 Å². The van der Waals surface area contributed by atoms with Crippen LogP contribution in [0.2, 0.25) is 0 Å². The molecule has 0 aliphatic rings. The number of thiocarbonyl (C=S) groups is 1. The average molecular weight is 492 g/mol. The third kappa shape index (κ3) is 6.53. The number of nitrogens with one attached hydrogen (secondary N) is 3. The Morgan fingerprint density at radius 1 is 1.07 bits per heavy atom. The van der Waals surface area contributed by atoms with E-state index in [2.05, 4.69) is 52.9 Å². The first-order valence-corrected chi connectivity index (χ1v) is 10.6. The van der Waals surface area contributed by atoms with Gasteiger partial charge in [0, 0.05) is 10.0 Å². The first-order chi connectivity index (χ1) is 14.0. The van der Waals surface area contributed by atoms with Crippen LogP contribution in [0, 0.1) is 13.8 Å². The van der Waals surface area contributed by atoms with E-state index in [1.54, 1.807) is 12.1 Å². The number of benzene rings is 2. The molecule has 3 N–H and O–H groups in total.